The SMILES string of the molecule is CC[C@H](C)[C@H](N)C(=O)NC(C)c1cccc(O)c1. The van der Waals surface area contributed by atoms with Gasteiger partial charge in [0.25, 0.3) is 0 Å². The minimum Gasteiger partial charge on any atom is -0.508 e. The number of rotatable bonds is 5. The van der Waals surface area contributed by atoms with Gasteiger partial charge in [-0.1, -0.05) is 32.4 Å². The van der Waals surface area contributed by atoms with Crippen LogP contribution in [0.2, 0.25) is 0 Å². The molecule has 4 N–H and O–H groups in total. The lowest BCUT2D eigenvalue weighted by Gasteiger charge is -2.21. The summed E-state index contributed by atoms with van der Waals surface area (Å²) in [6.45, 7) is 5.84. The fourth-order valence-corrected chi connectivity index (χ4v) is 1.70. The highest BCUT2D eigenvalue weighted by molar-refractivity contribution is 5.82. The molecule has 0 spiro atoms. The molecule has 18 heavy (non-hydrogen) atoms. The average molecular weight is 250 g/mol. The van der Waals surface area contributed by atoms with Crippen LogP contribution in [-0.2, 0) is 4.79 Å². The zero-order valence-electron chi connectivity index (χ0n) is 11.2. The van der Waals surface area contributed by atoms with Crippen molar-refractivity contribution in [3.8, 4) is 5.75 Å². The Morgan fingerprint density at radius 3 is 2.67 bits per heavy atom. The summed E-state index contributed by atoms with van der Waals surface area (Å²) < 4.78 is 0. The summed E-state index contributed by atoms with van der Waals surface area (Å²) >= 11 is 0. The molecule has 3 atom stereocenters. The second-order valence-corrected chi connectivity index (χ2v) is 4.74. The maximum Gasteiger partial charge on any atom is 0.237 e. The smallest absolute Gasteiger partial charge is 0.237 e. The minimum atomic E-state index is -0.491. The Balaban J connectivity index is 2.65. The first-order valence-electron chi connectivity index (χ1n) is 6.30. The van der Waals surface area contributed by atoms with Crippen LogP contribution in [0.4, 0.5) is 0 Å². The number of phenols is 1. The number of aromatic hydroxyl groups is 1. The first kappa shape index (κ1) is 14.5. The zero-order chi connectivity index (χ0) is 13.7. The van der Waals surface area contributed by atoms with Gasteiger partial charge in [-0.15, -0.1) is 0 Å². The first-order chi connectivity index (χ1) is 8.45. The van der Waals surface area contributed by atoms with Crippen molar-refractivity contribution in [2.75, 3.05) is 0 Å². The van der Waals surface area contributed by atoms with Crippen molar-refractivity contribution in [1.29, 1.82) is 0 Å². The minimum absolute atomic E-state index is 0.153. The maximum atomic E-state index is 11.9. The summed E-state index contributed by atoms with van der Waals surface area (Å²) in [6.07, 6.45) is 0.870. The molecule has 0 fully saturated rings. The van der Waals surface area contributed by atoms with E-state index in [2.05, 4.69) is 5.32 Å². The number of amides is 1. The Labute approximate surface area is 108 Å². The van der Waals surface area contributed by atoms with Crippen LogP contribution in [0.1, 0.15) is 38.8 Å². The zero-order valence-corrected chi connectivity index (χ0v) is 11.2. The standard InChI is InChI=1S/C14H22N2O2/c1-4-9(2)13(15)14(18)16-10(3)11-6-5-7-12(17)8-11/h5-10,13,17H,4,15H2,1-3H3,(H,16,18)/t9-,10?,13-/m0/s1. The van der Waals surface area contributed by atoms with Crippen molar-refractivity contribution < 1.29 is 9.90 Å². The summed E-state index contributed by atoms with van der Waals surface area (Å²) in [5, 5.41) is 12.3. The van der Waals surface area contributed by atoms with Gasteiger partial charge in [-0.25, -0.2) is 0 Å². The van der Waals surface area contributed by atoms with Gasteiger partial charge in [0.2, 0.25) is 5.91 Å². The molecule has 1 aromatic rings. The molecule has 0 aliphatic heterocycles. The summed E-state index contributed by atoms with van der Waals surface area (Å²) in [5.74, 6) is 0.196. The quantitative estimate of drug-likeness (QED) is 0.747. The Kier molecular flexibility index (Phi) is 5.16. The average Bonchev–Trinajstić information content (AvgIpc) is 2.36. The van der Waals surface area contributed by atoms with Gasteiger partial charge < -0.3 is 16.2 Å². The van der Waals surface area contributed by atoms with Gasteiger partial charge in [0.05, 0.1) is 12.1 Å². The third-order valence-corrected chi connectivity index (χ3v) is 3.29. The number of nitrogens with two attached hydrogens (primary N) is 1. The van der Waals surface area contributed by atoms with Gasteiger partial charge in [-0.2, -0.15) is 0 Å². The highest BCUT2D eigenvalue weighted by atomic mass is 16.3. The molecule has 4 heteroatoms. The van der Waals surface area contributed by atoms with Gasteiger partial charge in [-0.05, 0) is 30.5 Å². The number of carbonyl (C=O) groups is 1. The van der Waals surface area contributed by atoms with E-state index in [1.807, 2.05) is 26.8 Å². The van der Waals surface area contributed by atoms with Gasteiger partial charge in [0, 0.05) is 0 Å². The Morgan fingerprint density at radius 2 is 2.11 bits per heavy atom. The third-order valence-electron chi connectivity index (χ3n) is 3.29. The van der Waals surface area contributed by atoms with E-state index in [0.717, 1.165) is 12.0 Å². The molecule has 0 radical (unpaired) electrons. The van der Waals surface area contributed by atoms with Crippen molar-refractivity contribution in [3.05, 3.63) is 29.8 Å². The predicted octanol–water partition coefficient (Wildman–Crippen LogP) is 1.94. The maximum absolute atomic E-state index is 11.9. The van der Waals surface area contributed by atoms with Crippen molar-refractivity contribution in [1.82, 2.24) is 5.32 Å². The van der Waals surface area contributed by atoms with Crippen LogP contribution in [-0.4, -0.2) is 17.1 Å². The van der Waals surface area contributed by atoms with Gasteiger partial charge in [0.15, 0.2) is 0 Å². The monoisotopic (exact) mass is 250 g/mol. The van der Waals surface area contributed by atoms with Crippen molar-refractivity contribution in [2.24, 2.45) is 11.7 Å². The fraction of sp³-hybridized carbons (Fsp3) is 0.500. The number of nitrogens with one attached hydrogen (secondary N) is 1. The number of carbonyl (C=O) groups excluding carboxylic acids is 1. The van der Waals surface area contributed by atoms with E-state index in [0.29, 0.717) is 0 Å². The molecule has 0 heterocycles. The van der Waals surface area contributed by atoms with E-state index in [1.165, 1.54) is 0 Å². The lowest BCUT2D eigenvalue weighted by Crippen LogP contribution is -2.45. The lowest BCUT2D eigenvalue weighted by molar-refractivity contribution is -0.124. The molecule has 4 nitrogen and oxygen atoms in total. The molecule has 1 amide bonds. The summed E-state index contributed by atoms with van der Waals surface area (Å²) in [6, 6.07) is 6.19. The normalized spacial score (nSPS) is 15.8. The number of hydrogen-bond donors (Lipinski definition) is 3. The molecular weight excluding hydrogens is 228 g/mol. The van der Waals surface area contributed by atoms with Crippen LogP contribution in [0.3, 0.4) is 0 Å². The first-order valence-corrected chi connectivity index (χ1v) is 6.30. The van der Waals surface area contributed by atoms with E-state index >= 15 is 0 Å². The molecule has 0 aromatic heterocycles. The van der Waals surface area contributed by atoms with E-state index in [-0.39, 0.29) is 23.6 Å². The molecule has 0 saturated carbocycles. The second-order valence-electron chi connectivity index (χ2n) is 4.74. The summed E-state index contributed by atoms with van der Waals surface area (Å²) in [4.78, 5) is 11.9. The number of phenolic OH excluding ortho intramolecular Hbond substituents is 1. The fourth-order valence-electron chi connectivity index (χ4n) is 1.70. The van der Waals surface area contributed by atoms with E-state index < -0.39 is 6.04 Å². The molecule has 0 aliphatic carbocycles. The van der Waals surface area contributed by atoms with Crippen molar-refractivity contribution in [3.63, 3.8) is 0 Å². The molecule has 0 aliphatic rings. The number of hydrogen-bond acceptors (Lipinski definition) is 3. The Hall–Kier alpha value is -1.55. The topological polar surface area (TPSA) is 75.4 Å². The van der Waals surface area contributed by atoms with Crippen LogP contribution in [0.25, 0.3) is 0 Å². The van der Waals surface area contributed by atoms with E-state index in [9.17, 15) is 9.90 Å². The van der Waals surface area contributed by atoms with Gasteiger partial charge >= 0.3 is 0 Å². The molecule has 1 unspecified atom stereocenters. The summed E-state index contributed by atoms with van der Waals surface area (Å²) in [7, 11) is 0. The molecule has 100 valence electrons. The van der Waals surface area contributed by atoms with E-state index in [1.54, 1.807) is 18.2 Å². The van der Waals surface area contributed by atoms with Crippen LogP contribution in [0.5, 0.6) is 5.75 Å². The van der Waals surface area contributed by atoms with Crippen LogP contribution >= 0.6 is 0 Å². The van der Waals surface area contributed by atoms with Crippen LogP contribution in [0, 0.1) is 5.92 Å². The highest BCUT2D eigenvalue weighted by Gasteiger charge is 2.21. The molecule has 0 bridgehead atoms. The second kappa shape index (κ2) is 6.40. The molecule has 1 rings (SSSR count). The predicted molar refractivity (Wildman–Crippen MR) is 72.1 cm³/mol. The summed E-state index contributed by atoms with van der Waals surface area (Å²) in [5.41, 5.74) is 6.73. The molecule has 1 aromatic carbocycles. The molecule has 0 saturated heterocycles. The van der Waals surface area contributed by atoms with Crippen LogP contribution < -0.4 is 11.1 Å². The van der Waals surface area contributed by atoms with Crippen molar-refractivity contribution >= 4 is 5.91 Å². The number of benzene rings is 1. The van der Waals surface area contributed by atoms with Gasteiger partial charge in [-0.3, -0.25) is 4.79 Å². The van der Waals surface area contributed by atoms with Crippen molar-refractivity contribution in [2.45, 2.75) is 39.3 Å². The lowest BCUT2D eigenvalue weighted by atomic mass is 9.98. The Bertz CT molecular complexity index is 407. The van der Waals surface area contributed by atoms with Gasteiger partial charge in [0.1, 0.15) is 5.75 Å². The third kappa shape index (κ3) is 3.74. The van der Waals surface area contributed by atoms with Crippen LogP contribution in [0.15, 0.2) is 24.3 Å². The largest absolute Gasteiger partial charge is 0.508 e. The molecular formula is C14H22N2O2. The highest BCUT2D eigenvalue weighted by Crippen LogP contribution is 2.18. The van der Waals surface area contributed by atoms with E-state index in [4.69, 9.17) is 5.73 Å². The Morgan fingerprint density at radius 1 is 1.44 bits per heavy atom.